The first-order chi connectivity index (χ1) is 14.2. The number of hydrogen-bond donors (Lipinski definition) is 0. The van der Waals surface area contributed by atoms with Gasteiger partial charge in [0.15, 0.2) is 11.3 Å². The Morgan fingerprint density at radius 2 is 1.67 bits per heavy atom. The third-order valence-electron chi connectivity index (χ3n) is 6.51. The Hall–Kier alpha value is -2.46. The lowest BCUT2D eigenvalue weighted by molar-refractivity contribution is 0.417. The highest BCUT2D eigenvalue weighted by Gasteiger charge is 2.40. The molecule has 0 bridgehead atoms. The average Bonchev–Trinajstić information content (AvgIpc) is 3.05. The van der Waals surface area contributed by atoms with Crippen LogP contribution in [0.4, 0.5) is 0 Å². The van der Waals surface area contributed by atoms with Crippen LogP contribution in [0.15, 0.2) is 46.9 Å². The Labute approximate surface area is 180 Å². The molecule has 3 nitrogen and oxygen atoms in total. The first-order valence-corrected chi connectivity index (χ1v) is 13.7. The van der Waals surface area contributed by atoms with E-state index in [0.29, 0.717) is 0 Å². The van der Waals surface area contributed by atoms with Gasteiger partial charge in [0.05, 0.1) is 12.5 Å². The van der Waals surface area contributed by atoms with Crippen molar-refractivity contribution in [1.82, 2.24) is 0 Å². The molecule has 4 rings (SSSR count). The van der Waals surface area contributed by atoms with Crippen molar-refractivity contribution >= 4 is 41.0 Å². The SMILES string of the molecule is CCCc1cc(OC)c2c(oc3cc4ccccc4cc32)c1O[Si](C)(C)C(C)(C)C. The quantitative estimate of drug-likeness (QED) is 0.306. The van der Waals surface area contributed by atoms with E-state index in [-0.39, 0.29) is 5.04 Å². The van der Waals surface area contributed by atoms with E-state index in [1.54, 1.807) is 7.11 Å². The first-order valence-electron chi connectivity index (χ1n) is 10.8. The van der Waals surface area contributed by atoms with Gasteiger partial charge in [-0.3, -0.25) is 0 Å². The Morgan fingerprint density at radius 3 is 2.27 bits per heavy atom. The second-order valence-corrected chi connectivity index (χ2v) is 14.4. The lowest BCUT2D eigenvalue weighted by Gasteiger charge is -2.37. The molecule has 3 aromatic carbocycles. The van der Waals surface area contributed by atoms with Crippen LogP contribution < -0.4 is 9.16 Å². The Morgan fingerprint density at radius 1 is 1.00 bits per heavy atom. The molecule has 4 heteroatoms. The Bertz CT molecular complexity index is 1230. The zero-order valence-electron chi connectivity index (χ0n) is 19.2. The molecule has 158 valence electrons. The van der Waals surface area contributed by atoms with E-state index in [1.807, 2.05) is 0 Å². The second-order valence-electron chi connectivity index (χ2n) is 9.68. The summed E-state index contributed by atoms with van der Waals surface area (Å²) >= 11 is 0. The van der Waals surface area contributed by atoms with E-state index < -0.39 is 8.32 Å². The zero-order chi connectivity index (χ0) is 21.7. The van der Waals surface area contributed by atoms with Crippen molar-refractivity contribution in [2.75, 3.05) is 7.11 Å². The summed E-state index contributed by atoms with van der Waals surface area (Å²) in [5.41, 5.74) is 2.85. The summed E-state index contributed by atoms with van der Waals surface area (Å²) in [6, 6.07) is 14.9. The summed E-state index contributed by atoms with van der Waals surface area (Å²) in [5, 5.41) is 4.54. The standard InChI is InChI=1S/C26H32O3Si/c1-8-11-19-16-22(27-5)23-20-14-17-12-9-10-13-18(17)15-21(20)28-25(23)24(19)29-30(6,7)26(2,3)4/h9-10,12-16H,8,11H2,1-7H3. The second kappa shape index (κ2) is 7.35. The van der Waals surface area contributed by atoms with Crippen molar-refractivity contribution in [3.8, 4) is 11.5 Å². The minimum atomic E-state index is -2.05. The minimum absolute atomic E-state index is 0.101. The van der Waals surface area contributed by atoms with Gasteiger partial charge in [-0.25, -0.2) is 0 Å². The smallest absolute Gasteiger partial charge is 0.250 e. The van der Waals surface area contributed by atoms with E-state index >= 15 is 0 Å². The molecule has 0 fully saturated rings. The highest BCUT2D eigenvalue weighted by atomic mass is 28.4. The molecule has 0 amide bonds. The van der Waals surface area contributed by atoms with Crippen LogP contribution in [-0.2, 0) is 6.42 Å². The van der Waals surface area contributed by atoms with Crippen molar-refractivity contribution in [3.63, 3.8) is 0 Å². The molecule has 0 N–H and O–H groups in total. The van der Waals surface area contributed by atoms with E-state index in [4.69, 9.17) is 13.6 Å². The molecule has 0 aliphatic heterocycles. The van der Waals surface area contributed by atoms with E-state index in [9.17, 15) is 0 Å². The summed E-state index contributed by atoms with van der Waals surface area (Å²) in [6.45, 7) is 13.6. The monoisotopic (exact) mass is 420 g/mol. The number of fused-ring (bicyclic) bond motifs is 4. The van der Waals surface area contributed by atoms with E-state index in [2.05, 4.69) is 83.3 Å². The van der Waals surface area contributed by atoms with Crippen LogP contribution in [0.3, 0.4) is 0 Å². The predicted octanol–water partition coefficient (Wildman–Crippen LogP) is 8.08. The predicted molar refractivity (Wildman–Crippen MR) is 130 cm³/mol. The third kappa shape index (κ3) is 3.37. The summed E-state index contributed by atoms with van der Waals surface area (Å²) in [7, 11) is -0.314. The number of furan rings is 1. The van der Waals surface area contributed by atoms with Crippen LogP contribution in [-0.4, -0.2) is 15.4 Å². The fourth-order valence-corrected chi connectivity index (χ4v) is 4.81. The molecule has 0 unspecified atom stereocenters. The summed E-state index contributed by atoms with van der Waals surface area (Å²) in [6.07, 6.45) is 1.96. The topological polar surface area (TPSA) is 31.6 Å². The number of aryl methyl sites for hydroxylation is 1. The molecule has 30 heavy (non-hydrogen) atoms. The average molecular weight is 421 g/mol. The van der Waals surface area contributed by atoms with Crippen molar-refractivity contribution in [2.45, 2.75) is 58.7 Å². The minimum Gasteiger partial charge on any atom is -0.541 e. The lowest BCUT2D eigenvalue weighted by atomic mass is 10.0. The largest absolute Gasteiger partial charge is 0.541 e. The first kappa shape index (κ1) is 20.8. The van der Waals surface area contributed by atoms with Crippen molar-refractivity contribution in [2.24, 2.45) is 0 Å². The van der Waals surface area contributed by atoms with Gasteiger partial charge in [0.2, 0.25) is 0 Å². The maximum Gasteiger partial charge on any atom is 0.250 e. The van der Waals surface area contributed by atoms with E-state index in [0.717, 1.165) is 51.8 Å². The van der Waals surface area contributed by atoms with Crippen LogP contribution in [0.2, 0.25) is 18.1 Å². The summed E-state index contributed by atoms with van der Waals surface area (Å²) < 4.78 is 19.2. The molecule has 0 aliphatic rings. The molecule has 0 atom stereocenters. The third-order valence-corrected chi connectivity index (χ3v) is 10.8. The molecule has 0 radical (unpaired) electrons. The summed E-state index contributed by atoms with van der Waals surface area (Å²) in [5.74, 6) is 1.75. The molecule has 1 heterocycles. The highest BCUT2D eigenvalue weighted by molar-refractivity contribution is 6.74. The highest BCUT2D eigenvalue weighted by Crippen LogP contribution is 2.47. The normalized spacial score (nSPS) is 12.8. The molecule has 0 saturated heterocycles. The van der Waals surface area contributed by atoms with Gasteiger partial charge in [0.25, 0.3) is 8.32 Å². The zero-order valence-corrected chi connectivity index (χ0v) is 20.2. The van der Waals surface area contributed by atoms with Gasteiger partial charge in [-0.05, 0) is 53.5 Å². The lowest BCUT2D eigenvalue weighted by Crippen LogP contribution is -2.44. The van der Waals surface area contributed by atoms with Gasteiger partial charge in [-0.15, -0.1) is 0 Å². The molecule has 0 aliphatic carbocycles. The number of ether oxygens (including phenoxy) is 1. The van der Waals surface area contributed by atoms with E-state index in [1.165, 1.54) is 10.8 Å². The molecule has 4 aromatic rings. The number of rotatable bonds is 5. The van der Waals surface area contributed by atoms with Crippen LogP contribution in [0, 0.1) is 0 Å². The van der Waals surface area contributed by atoms with Crippen molar-refractivity contribution in [1.29, 1.82) is 0 Å². The van der Waals surface area contributed by atoms with Crippen LogP contribution in [0.25, 0.3) is 32.7 Å². The molecule has 0 saturated carbocycles. The molecular formula is C26H32O3Si. The fourth-order valence-electron chi connectivity index (χ4n) is 3.76. The molecule has 1 aromatic heterocycles. The van der Waals surface area contributed by atoms with Gasteiger partial charge < -0.3 is 13.6 Å². The van der Waals surface area contributed by atoms with Crippen molar-refractivity contribution in [3.05, 3.63) is 48.0 Å². The molecular weight excluding hydrogens is 388 g/mol. The molecule has 0 spiro atoms. The number of benzene rings is 3. The Balaban J connectivity index is 2.07. The van der Waals surface area contributed by atoms with Gasteiger partial charge in [0, 0.05) is 10.9 Å². The van der Waals surface area contributed by atoms with Crippen LogP contribution >= 0.6 is 0 Å². The fraction of sp³-hybridized carbons (Fsp3) is 0.385. The van der Waals surface area contributed by atoms with Crippen LogP contribution in [0.1, 0.15) is 39.7 Å². The number of hydrogen-bond acceptors (Lipinski definition) is 3. The maximum absolute atomic E-state index is 6.88. The Kier molecular flexibility index (Phi) is 5.09. The van der Waals surface area contributed by atoms with Crippen molar-refractivity contribution < 1.29 is 13.6 Å². The van der Waals surface area contributed by atoms with Gasteiger partial charge >= 0.3 is 0 Å². The van der Waals surface area contributed by atoms with Gasteiger partial charge in [0.1, 0.15) is 11.3 Å². The van der Waals surface area contributed by atoms with Gasteiger partial charge in [-0.2, -0.15) is 0 Å². The number of methoxy groups -OCH3 is 1. The van der Waals surface area contributed by atoms with Crippen LogP contribution in [0.5, 0.6) is 11.5 Å². The van der Waals surface area contributed by atoms with Gasteiger partial charge in [-0.1, -0.05) is 58.4 Å². The maximum atomic E-state index is 6.88. The summed E-state index contributed by atoms with van der Waals surface area (Å²) in [4.78, 5) is 0.